The van der Waals surface area contributed by atoms with Crippen LogP contribution in [0, 0.1) is 5.82 Å². The summed E-state index contributed by atoms with van der Waals surface area (Å²) < 4.78 is 19.4. The molecule has 5 aromatic heterocycles. The quantitative estimate of drug-likeness (QED) is 0.269. The van der Waals surface area contributed by atoms with Crippen molar-refractivity contribution in [2.75, 3.05) is 0 Å². The Balaban J connectivity index is 1.24. The van der Waals surface area contributed by atoms with Crippen LogP contribution in [0.5, 0.6) is 5.75 Å². The fourth-order valence-electron chi connectivity index (χ4n) is 4.47. The van der Waals surface area contributed by atoms with Crippen LogP contribution in [0.3, 0.4) is 0 Å². The van der Waals surface area contributed by atoms with Crippen molar-refractivity contribution in [3.8, 4) is 39.8 Å². The minimum atomic E-state index is -0.304. The van der Waals surface area contributed by atoms with E-state index in [-0.39, 0.29) is 5.82 Å². The predicted octanol–water partition coefficient (Wildman–Crippen LogP) is 6.34. The highest BCUT2D eigenvalue weighted by molar-refractivity contribution is 5.95. The Morgan fingerprint density at radius 3 is 2.49 bits per heavy atom. The molecule has 0 atom stereocenters. The Hall–Kier alpha value is -5.44. The van der Waals surface area contributed by atoms with E-state index >= 15 is 0 Å². The zero-order valence-corrected chi connectivity index (χ0v) is 20.5. The fourth-order valence-corrected chi connectivity index (χ4v) is 4.47. The van der Waals surface area contributed by atoms with Crippen LogP contribution in [0.4, 0.5) is 4.39 Å². The third-order valence-electron chi connectivity index (χ3n) is 6.41. The smallest absolute Gasteiger partial charge is 0.161 e. The minimum absolute atomic E-state index is 0.304. The third kappa shape index (κ3) is 4.36. The number of nitrogens with one attached hydrogen (secondary N) is 2. The Bertz CT molecular complexity index is 1930. The van der Waals surface area contributed by atoms with Crippen molar-refractivity contribution in [2.45, 2.75) is 6.61 Å². The van der Waals surface area contributed by atoms with Gasteiger partial charge in [-0.2, -0.15) is 5.10 Å². The summed E-state index contributed by atoms with van der Waals surface area (Å²) in [4.78, 5) is 21.9. The number of aromatic amines is 2. The molecular formula is C30H20FN7O. The Labute approximate surface area is 221 Å². The molecule has 0 fully saturated rings. The van der Waals surface area contributed by atoms with Gasteiger partial charge in [0.2, 0.25) is 0 Å². The number of ether oxygens (including phenoxy) is 1. The Morgan fingerprint density at radius 1 is 0.769 bits per heavy atom. The predicted molar refractivity (Wildman–Crippen MR) is 146 cm³/mol. The topological polar surface area (TPSA) is 105 Å². The van der Waals surface area contributed by atoms with Crippen molar-refractivity contribution in [3.05, 3.63) is 109 Å². The minimum Gasteiger partial charge on any atom is -0.487 e. The number of benzene rings is 2. The molecular weight excluding hydrogens is 493 g/mol. The van der Waals surface area contributed by atoms with Crippen molar-refractivity contribution in [1.29, 1.82) is 0 Å². The number of fused-ring (bicyclic) bond motifs is 2. The Morgan fingerprint density at radius 2 is 1.62 bits per heavy atom. The first-order chi connectivity index (χ1) is 19.2. The highest BCUT2D eigenvalue weighted by Gasteiger charge is 2.17. The second-order valence-corrected chi connectivity index (χ2v) is 9.00. The van der Waals surface area contributed by atoms with Crippen molar-refractivity contribution >= 4 is 22.1 Å². The largest absolute Gasteiger partial charge is 0.487 e. The van der Waals surface area contributed by atoms with Crippen LogP contribution in [0.25, 0.3) is 56.1 Å². The first kappa shape index (κ1) is 22.7. The number of aromatic nitrogens is 7. The lowest BCUT2D eigenvalue weighted by Gasteiger charge is -2.08. The van der Waals surface area contributed by atoms with Crippen molar-refractivity contribution in [2.24, 2.45) is 0 Å². The molecule has 7 rings (SSSR count). The molecule has 0 spiro atoms. The molecule has 0 aliphatic rings. The summed E-state index contributed by atoms with van der Waals surface area (Å²) in [5.74, 6) is 0.904. The number of nitrogens with zero attached hydrogens (tertiary/aromatic N) is 5. The van der Waals surface area contributed by atoms with Crippen molar-refractivity contribution in [3.63, 3.8) is 0 Å². The van der Waals surface area contributed by atoms with E-state index in [1.165, 1.54) is 12.1 Å². The molecule has 0 saturated heterocycles. The SMILES string of the molecule is Fc1ccc(-c2nccc3[nH]c(-c4n[nH]c5ccc(-c6cncc(OCc7ccccc7)c6)nc45)nc23)cc1. The number of rotatable bonds is 6. The van der Waals surface area contributed by atoms with E-state index in [2.05, 4.69) is 25.1 Å². The van der Waals surface area contributed by atoms with Gasteiger partial charge in [0.1, 0.15) is 29.2 Å². The van der Waals surface area contributed by atoms with Gasteiger partial charge in [-0.15, -0.1) is 0 Å². The highest BCUT2D eigenvalue weighted by atomic mass is 19.1. The van der Waals surface area contributed by atoms with E-state index in [1.54, 1.807) is 30.7 Å². The van der Waals surface area contributed by atoms with E-state index < -0.39 is 0 Å². The number of pyridine rings is 3. The van der Waals surface area contributed by atoms with Gasteiger partial charge in [-0.3, -0.25) is 15.1 Å². The van der Waals surface area contributed by atoms with Crippen LogP contribution >= 0.6 is 0 Å². The summed E-state index contributed by atoms with van der Waals surface area (Å²) in [5, 5.41) is 7.54. The molecule has 0 amide bonds. The van der Waals surface area contributed by atoms with E-state index in [1.807, 2.05) is 54.6 Å². The molecule has 0 aliphatic carbocycles. The van der Waals surface area contributed by atoms with Gasteiger partial charge in [0, 0.05) is 23.5 Å². The lowest BCUT2D eigenvalue weighted by molar-refractivity contribution is 0.305. The van der Waals surface area contributed by atoms with E-state index in [4.69, 9.17) is 14.7 Å². The van der Waals surface area contributed by atoms with Crippen LogP contribution in [-0.2, 0) is 6.61 Å². The molecule has 2 aromatic carbocycles. The van der Waals surface area contributed by atoms with E-state index in [0.717, 1.165) is 33.4 Å². The van der Waals surface area contributed by atoms with Gasteiger partial charge in [0.15, 0.2) is 11.5 Å². The van der Waals surface area contributed by atoms with Crippen LogP contribution < -0.4 is 4.74 Å². The molecule has 188 valence electrons. The molecule has 0 bridgehead atoms. The zero-order valence-electron chi connectivity index (χ0n) is 20.5. The molecule has 39 heavy (non-hydrogen) atoms. The van der Waals surface area contributed by atoms with E-state index in [0.29, 0.717) is 40.6 Å². The lowest BCUT2D eigenvalue weighted by Crippen LogP contribution is -1.96. The van der Waals surface area contributed by atoms with E-state index in [9.17, 15) is 4.39 Å². The first-order valence-electron chi connectivity index (χ1n) is 12.3. The molecule has 0 saturated carbocycles. The molecule has 0 radical (unpaired) electrons. The number of H-pyrrole nitrogens is 2. The molecule has 9 heteroatoms. The highest BCUT2D eigenvalue weighted by Crippen LogP contribution is 2.31. The summed E-state index contributed by atoms with van der Waals surface area (Å²) in [6.07, 6.45) is 5.14. The standard InChI is InChI=1S/C30H20FN7O/c31-21-8-6-19(7-9-21)26-27-24(12-13-33-26)35-30(36-27)29-28-25(37-38-29)11-10-23(34-28)20-14-22(16-32-15-20)39-17-18-4-2-1-3-5-18/h1-16H,17H2,(H,35,36)(H,37,38). The second-order valence-electron chi connectivity index (χ2n) is 9.00. The van der Waals surface area contributed by atoms with Crippen LogP contribution in [0.15, 0.2) is 97.5 Å². The molecule has 8 nitrogen and oxygen atoms in total. The molecule has 0 aliphatic heterocycles. The first-order valence-corrected chi connectivity index (χ1v) is 12.3. The van der Waals surface area contributed by atoms with Crippen LogP contribution in [0.2, 0.25) is 0 Å². The molecule has 0 unspecified atom stereocenters. The number of hydrogen-bond acceptors (Lipinski definition) is 6. The van der Waals surface area contributed by atoms with Crippen molar-refractivity contribution in [1.82, 2.24) is 35.1 Å². The summed E-state index contributed by atoms with van der Waals surface area (Å²) in [6, 6.07) is 23.8. The van der Waals surface area contributed by atoms with Crippen LogP contribution in [0.1, 0.15) is 5.56 Å². The maximum Gasteiger partial charge on any atom is 0.161 e. The number of halogens is 1. The maximum atomic E-state index is 13.5. The van der Waals surface area contributed by atoms with Gasteiger partial charge in [-0.25, -0.2) is 14.4 Å². The average molecular weight is 514 g/mol. The fraction of sp³-hybridized carbons (Fsp3) is 0.0333. The molecule has 2 N–H and O–H groups in total. The van der Waals surface area contributed by atoms with Gasteiger partial charge >= 0.3 is 0 Å². The third-order valence-corrected chi connectivity index (χ3v) is 6.41. The van der Waals surface area contributed by atoms with Gasteiger partial charge in [0.25, 0.3) is 0 Å². The lowest BCUT2D eigenvalue weighted by atomic mass is 10.1. The molecule has 5 heterocycles. The van der Waals surface area contributed by atoms with Gasteiger partial charge in [0.05, 0.1) is 28.6 Å². The van der Waals surface area contributed by atoms with Crippen molar-refractivity contribution < 1.29 is 9.13 Å². The number of hydrogen-bond donors (Lipinski definition) is 2. The Kier molecular flexibility index (Phi) is 5.51. The summed E-state index contributed by atoms with van der Waals surface area (Å²) in [5.41, 5.74) is 7.53. The summed E-state index contributed by atoms with van der Waals surface area (Å²) in [7, 11) is 0. The summed E-state index contributed by atoms with van der Waals surface area (Å²) >= 11 is 0. The monoisotopic (exact) mass is 513 g/mol. The van der Waals surface area contributed by atoms with Gasteiger partial charge < -0.3 is 9.72 Å². The zero-order chi connectivity index (χ0) is 26.2. The number of imidazole rings is 1. The average Bonchev–Trinajstić information content (AvgIpc) is 3.61. The van der Waals surface area contributed by atoms with Gasteiger partial charge in [-0.1, -0.05) is 30.3 Å². The maximum absolute atomic E-state index is 13.5. The van der Waals surface area contributed by atoms with Crippen LogP contribution in [-0.4, -0.2) is 35.1 Å². The summed E-state index contributed by atoms with van der Waals surface area (Å²) in [6.45, 7) is 0.450. The molecule has 7 aromatic rings. The second kappa shape index (κ2) is 9.46. The normalized spacial score (nSPS) is 11.3. The van der Waals surface area contributed by atoms with Gasteiger partial charge in [-0.05, 0) is 54.1 Å².